The first-order valence-electron chi connectivity index (χ1n) is 5.14. The average Bonchev–Trinajstić information content (AvgIpc) is 2.35. The van der Waals surface area contributed by atoms with Crippen molar-refractivity contribution in [1.82, 2.24) is 5.32 Å². The summed E-state index contributed by atoms with van der Waals surface area (Å²) < 4.78 is 0. The van der Waals surface area contributed by atoms with Crippen molar-refractivity contribution in [1.29, 1.82) is 0 Å². The van der Waals surface area contributed by atoms with Crippen molar-refractivity contribution in [3.63, 3.8) is 0 Å². The number of hydrogen-bond acceptors (Lipinski definition) is 2. The third-order valence-electron chi connectivity index (χ3n) is 2.29. The highest BCUT2D eigenvalue weighted by Crippen LogP contribution is 2.19. The number of carbonyl (C=O) groups is 1. The highest BCUT2D eigenvalue weighted by Gasteiger charge is 2.17. The number of thioether (sulfide) groups is 1. The molecule has 0 bridgehead atoms. The van der Waals surface area contributed by atoms with Crippen molar-refractivity contribution >= 4 is 29.3 Å². The Bertz CT molecular complexity index is 331. The summed E-state index contributed by atoms with van der Waals surface area (Å²) in [6.07, 6.45) is 2.02. The van der Waals surface area contributed by atoms with Gasteiger partial charge in [-0.3, -0.25) is 4.79 Å². The van der Waals surface area contributed by atoms with Gasteiger partial charge < -0.3 is 5.32 Å². The topological polar surface area (TPSA) is 29.1 Å². The second kappa shape index (κ2) is 6.81. The molecule has 0 spiro atoms. The Balaban J connectivity index is 2.49. The summed E-state index contributed by atoms with van der Waals surface area (Å²) in [4.78, 5) is 11.7. The number of benzene rings is 1. The van der Waals surface area contributed by atoms with E-state index in [0.29, 0.717) is 11.8 Å². The molecule has 0 radical (unpaired) electrons. The van der Waals surface area contributed by atoms with Crippen molar-refractivity contribution in [2.75, 3.05) is 12.8 Å². The number of rotatable bonds is 5. The standard InChI is InChI=1S/C12H16ClNOS/c1-9(16-2)8-14-12(15)11(13)10-6-4-3-5-7-10/h3-7,9,11H,8H2,1-2H3,(H,14,15). The minimum absolute atomic E-state index is 0.131. The molecule has 0 heterocycles. The predicted molar refractivity (Wildman–Crippen MR) is 71.0 cm³/mol. The summed E-state index contributed by atoms with van der Waals surface area (Å²) in [7, 11) is 0. The molecule has 1 rings (SSSR count). The number of alkyl halides is 1. The van der Waals surface area contributed by atoms with Crippen molar-refractivity contribution in [2.45, 2.75) is 17.6 Å². The number of hydrogen-bond donors (Lipinski definition) is 1. The monoisotopic (exact) mass is 257 g/mol. The number of amides is 1. The van der Waals surface area contributed by atoms with Gasteiger partial charge in [0.25, 0.3) is 0 Å². The first-order valence-corrected chi connectivity index (χ1v) is 6.87. The maximum atomic E-state index is 11.7. The van der Waals surface area contributed by atoms with Gasteiger partial charge in [0.15, 0.2) is 0 Å². The molecule has 1 amide bonds. The van der Waals surface area contributed by atoms with Gasteiger partial charge >= 0.3 is 0 Å². The summed E-state index contributed by atoms with van der Waals surface area (Å²) in [5.41, 5.74) is 0.832. The number of carbonyl (C=O) groups excluding carboxylic acids is 1. The van der Waals surface area contributed by atoms with E-state index >= 15 is 0 Å². The van der Waals surface area contributed by atoms with Crippen LogP contribution >= 0.6 is 23.4 Å². The molecule has 1 aromatic rings. The number of halogens is 1. The minimum atomic E-state index is -0.602. The van der Waals surface area contributed by atoms with Gasteiger partial charge in [0.1, 0.15) is 5.38 Å². The zero-order chi connectivity index (χ0) is 12.0. The molecule has 2 nitrogen and oxygen atoms in total. The van der Waals surface area contributed by atoms with Gasteiger partial charge in [0, 0.05) is 11.8 Å². The molecule has 2 atom stereocenters. The zero-order valence-electron chi connectivity index (χ0n) is 9.44. The molecule has 0 fully saturated rings. The van der Waals surface area contributed by atoms with E-state index in [2.05, 4.69) is 12.2 Å². The van der Waals surface area contributed by atoms with E-state index in [0.717, 1.165) is 5.56 Å². The molecular formula is C12H16ClNOS. The van der Waals surface area contributed by atoms with Crippen LogP contribution in [0.4, 0.5) is 0 Å². The van der Waals surface area contributed by atoms with Crippen LogP contribution in [0.25, 0.3) is 0 Å². The Hall–Kier alpha value is -0.670. The Kier molecular flexibility index (Phi) is 5.71. The summed E-state index contributed by atoms with van der Waals surface area (Å²) in [6.45, 7) is 2.72. The van der Waals surface area contributed by atoms with Gasteiger partial charge in [-0.25, -0.2) is 0 Å². The third-order valence-corrected chi connectivity index (χ3v) is 3.71. The highest BCUT2D eigenvalue weighted by atomic mass is 35.5. The van der Waals surface area contributed by atoms with Crippen LogP contribution in [0.2, 0.25) is 0 Å². The second-order valence-electron chi connectivity index (χ2n) is 3.56. The normalized spacial score (nSPS) is 14.2. The number of nitrogens with one attached hydrogen (secondary N) is 1. The molecule has 0 aliphatic heterocycles. The van der Waals surface area contributed by atoms with Crippen molar-refractivity contribution in [3.05, 3.63) is 35.9 Å². The molecule has 4 heteroatoms. The van der Waals surface area contributed by atoms with Gasteiger partial charge in [0.05, 0.1) is 0 Å². The molecular weight excluding hydrogens is 242 g/mol. The van der Waals surface area contributed by atoms with Crippen molar-refractivity contribution < 1.29 is 4.79 Å². The molecule has 0 aromatic heterocycles. The molecule has 2 unspecified atom stereocenters. The summed E-state index contributed by atoms with van der Waals surface area (Å²) >= 11 is 7.78. The SMILES string of the molecule is CSC(C)CNC(=O)C(Cl)c1ccccc1. The lowest BCUT2D eigenvalue weighted by Gasteiger charge is -2.13. The fraction of sp³-hybridized carbons (Fsp3) is 0.417. The van der Waals surface area contributed by atoms with Crippen LogP contribution in [-0.2, 0) is 4.79 Å². The Morgan fingerprint density at radius 3 is 2.62 bits per heavy atom. The molecule has 0 aliphatic rings. The molecule has 16 heavy (non-hydrogen) atoms. The smallest absolute Gasteiger partial charge is 0.242 e. The van der Waals surface area contributed by atoms with E-state index in [1.54, 1.807) is 11.8 Å². The van der Waals surface area contributed by atoms with Crippen molar-refractivity contribution in [2.24, 2.45) is 0 Å². The molecule has 88 valence electrons. The Morgan fingerprint density at radius 1 is 1.44 bits per heavy atom. The Morgan fingerprint density at radius 2 is 2.06 bits per heavy atom. The third kappa shape index (κ3) is 4.06. The fourth-order valence-corrected chi connectivity index (χ4v) is 1.66. The lowest BCUT2D eigenvalue weighted by molar-refractivity contribution is -0.120. The molecule has 0 aliphatic carbocycles. The quantitative estimate of drug-likeness (QED) is 0.822. The van der Waals surface area contributed by atoms with Crippen LogP contribution in [0.5, 0.6) is 0 Å². The summed E-state index contributed by atoms with van der Waals surface area (Å²) in [5, 5.41) is 2.64. The second-order valence-corrected chi connectivity index (χ2v) is 5.28. The van der Waals surface area contributed by atoms with Gasteiger partial charge in [0.2, 0.25) is 5.91 Å². The van der Waals surface area contributed by atoms with Gasteiger partial charge in [-0.2, -0.15) is 11.8 Å². The zero-order valence-corrected chi connectivity index (χ0v) is 11.0. The van der Waals surface area contributed by atoms with Gasteiger partial charge in [-0.15, -0.1) is 11.6 Å². The van der Waals surface area contributed by atoms with Gasteiger partial charge in [-0.05, 0) is 11.8 Å². The van der Waals surface area contributed by atoms with Gasteiger partial charge in [-0.1, -0.05) is 37.3 Å². The van der Waals surface area contributed by atoms with E-state index in [4.69, 9.17) is 11.6 Å². The average molecular weight is 258 g/mol. The summed E-state index contributed by atoms with van der Waals surface area (Å²) in [6, 6.07) is 9.37. The highest BCUT2D eigenvalue weighted by molar-refractivity contribution is 7.99. The van der Waals surface area contributed by atoms with Crippen LogP contribution in [0.1, 0.15) is 17.9 Å². The van der Waals surface area contributed by atoms with Crippen LogP contribution in [-0.4, -0.2) is 24.0 Å². The largest absolute Gasteiger partial charge is 0.353 e. The minimum Gasteiger partial charge on any atom is -0.353 e. The van der Waals surface area contributed by atoms with Crippen LogP contribution in [0.15, 0.2) is 30.3 Å². The van der Waals surface area contributed by atoms with Crippen LogP contribution < -0.4 is 5.32 Å². The summed E-state index contributed by atoms with van der Waals surface area (Å²) in [5.74, 6) is -0.131. The molecule has 1 aromatic carbocycles. The first-order chi connectivity index (χ1) is 7.65. The van der Waals surface area contributed by atoms with Crippen molar-refractivity contribution in [3.8, 4) is 0 Å². The van der Waals surface area contributed by atoms with E-state index in [1.165, 1.54) is 0 Å². The molecule has 1 N–H and O–H groups in total. The maximum absolute atomic E-state index is 11.7. The first kappa shape index (κ1) is 13.4. The van der Waals surface area contributed by atoms with E-state index in [1.807, 2.05) is 36.6 Å². The predicted octanol–water partition coefficient (Wildman–Crippen LogP) is 2.83. The van der Waals surface area contributed by atoms with E-state index < -0.39 is 5.38 Å². The molecule has 0 saturated carbocycles. The maximum Gasteiger partial charge on any atom is 0.242 e. The van der Waals surface area contributed by atoms with E-state index in [9.17, 15) is 4.79 Å². The Labute approximate surface area is 106 Å². The van der Waals surface area contributed by atoms with Crippen LogP contribution in [0, 0.1) is 0 Å². The lowest BCUT2D eigenvalue weighted by Crippen LogP contribution is -2.31. The van der Waals surface area contributed by atoms with E-state index in [-0.39, 0.29) is 5.91 Å². The van der Waals surface area contributed by atoms with Crippen LogP contribution in [0.3, 0.4) is 0 Å². The fourth-order valence-electron chi connectivity index (χ4n) is 1.19. The lowest BCUT2D eigenvalue weighted by atomic mass is 10.1. The molecule has 0 saturated heterocycles.